The molecule has 0 amide bonds. The number of anilines is 1. The molecule has 2 N–H and O–H groups in total. The van der Waals surface area contributed by atoms with Crippen LogP contribution < -0.4 is 9.46 Å². The SMILES string of the molecule is COc1ccc(-c2cc3cc(F)c(F)cc3[nH]2)cc1NS(=O)(=O)c1cccc(C#N)c1. The molecule has 3 aromatic carbocycles. The molecule has 0 saturated heterocycles. The quantitative estimate of drug-likeness (QED) is 0.467. The smallest absolute Gasteiger partial charge is 0.262 e. The number of benzene rings is 3. The van der Waals surface area contributed by atoms with Gasteiger partial charge in [0.25, 0.3) is 10.0 Å². The Kier molecular flexibility index (Phi) is 5.09. The van der Waals surface area contributed by atoms with Gasteiger partial charge in [-0.3, -0.25) is 4.72 Å². The highest BCUT2D eigenvalue weighted by Gasteiger charge is 2.18. The van der Waals surface area contributed by atoms with Gasteiger partial charge in [0.15, 0.2) is 11.6 Å². The average molecular weight is 439 g/mol. The maximum atomic E-state index is 13.5. The fraction of sp³-hybridized carbons (Fsp3) is 0.0455. The summed E-state index contributed by atoms with van der Waals surface area (Å²) in [6.07, 6.45) is 0. The first-order chi connectivity index (χ1) is 14.8. The van der Waals surface area contributed by atoms with Crippen molar-refractivity contribution in [2.24, 2.45) is 0 Å². The van der Waals surface area contributed by atoms with Gasteiger partial charge >= 0.3 is 0 Å². The zero-order valence-corrected chi connectivity index (χ0v) is 16.9. The van der Waals surface area contributed by atoms with Crippen LogP contribution in [0.1, 0.15) is 5.56 Å². The van der Waals surface area contributed by atoms with Crippen molar-refractivity contribution in [3.63, 3.8) is 0 Å². The van der Waals surface area contributed by atoms with Gasteiger partial charge < -0.3 is 9.72 Å². The fourth-order valence-electron chi connectivity index (χ4n) is 3.17. The first kappa shape index (κ1) is 20.4. The first-order valence-corrected chi connectivity index (χ1v) is 10.5. The number of hydrogen-bond acceptors (Lipinski definition) is 4. The Labute approximate surface area is 176 Å². The number of ether oxygens (including phenoxy) is 1. The van der Waals surface area contributed by atoms with Crippen molar-refractivity contribution in [2.45, 2.75) is 4.90 Å². The van der Waals surface area contributed by atoms with Crippen LogP contribution in [0.2, 0.25) is 0 Å². The number of fused-ring (bicyclic) bond motifs is 1. The van der Waals surface area contributed by atoms with Gasteiger partial charge in [0, 0.05) is 28.2 Å². The lowest BCUT2D eigenvalue weighted by atomic mass is 10.1. The summed E-state index contributed by atoms with van der Waals surface area (Å²) in [5, 5.41) is 9.49. The molecule has 156 valence electrons. The van der Waals surface area contributed by atoms with E-state index in [1.165, 1.54) is 31.4 Å². The van der Waals surface area contributed by atoms with Crippen molar-refractivity contribution >= 4 is 26.6 Å². The van der Waals surface area contributed by atoms with E-state index < -0.39 is 21.7 Å². The van der Waals surface area contributed by atoms with Crippen LogP contribution in [-0.4, -0.2) is 20.5 Å². The first-order valence-electron chi connectivity index (χ1n) is 9.00. The molecule has 0 bridgehead atoms. The molecule has 1 heterocycles. The normalized spacial score (nSPS) is 11.3. The van der Waals surface area contributed by atoms with Crippen molar-refractivity contribution < 1.29 is 21.9 Å². The molecule has 0 atom stereocenters. The maximum absolute atomic E-state index is 13.5. The van der Waals surface area contributed by atoms with Crippen molar-refractivity contribution in [2.75, 3.05) is 11.8 Å². The number of nitrogens with one attached hydrogen (secondary N) is 2. The van der Waals surface area contributed by atoms with Crippen molar-refractivity contribution in [3.05, 3.63) is 77.9 Å². The molecule has 9 heteroatoms. The molecular weight excluding hydrogens is 424 g/mol. The van der Waals surface area contributed by atoms with Gasteiger partial charge in [0.1, 0.15) is 5.75 Å². The summed E-state index contributed by atoms with van der Waals surface area (Å²) in [5.74, 6) is -1.65. The zero-order valence-electron chi connectivity index (χ0n) is 16.1. The Bertz CT molecular complexity index is 1420. The molecule has 6 nitrogen and oxygen atoms in total. The van der Waals surface area contributed by atoms with Gasteiger partial charge in [-0.25, -0.2) is 17.2 Å². The second-order valence-corrected chi connectivity index (χ2v) is 8.38. The molecule has 0 aliphatic carbocycles. The number of sulfonamides is 1. The molecule has 0 saturated carbocycles. The van der Waals surface area contributed by atoms with Crippen LogP contribution in [0.5, 0.6) is 5.75 Å². The number of rotatable bonds is 5. The van der Waals surface area contributed by atoms with Crippen LogP contribution in [0.25, 0.3) is 22.2 Å². The highest BCUT2D eigenvalue weighted by molar-refractivity contribution is 7.92. The summed E-state index contributed by atoms with van der Waals surface area (Å²) in [5.41, 5.74) is 1.88. The lowest BCUT2D eigenvalue weighted by Gasteiger charge is -2.13. The number of H-pyrrole nitrogens is 1. The molecule has 4 rings (SSSR count). The predicted octanol–water partition coefficient (Wildman–Crippen LogP) is 4.79. The topological polar surface area (TPSA) is 95.0 Å². The third-order valence-electron chi connectivity index (χ3n) is 4.69. The largest absolute Gasteiger partial charge is 0.495 e. The van der Waals surface area contributed by atoms with E-state index in [1.54, 1.807) is 24.3 Å². The summed E-state index contributed by atoms with van der Waals surface area (Å²) in [6.45, 7) is 0. The summed E-state index contributed by atoms with van der Waals surface area (Å²) in [7, 11) is -2.60. The summed E-state index contributed by atoms with van der Waals surface area (Å²) >= 11 is 0. The Balaban J connectivity index is 1.75. The van der Waals surface area contributed by atoms with Crippen LogP contribution in [0.3, 0.4) is 0 Å². The predicted molar refractivity (Wildman–Crippen MR) is 112 cm³/mol. The van der Waals surface area contributed by atoms with E-state index >= 15 is 0 Å². The van der Waals surface area contributed by atoms with E-state index in [2.05, 4.69) is 9.71 Å². The van der Waals surface area contributed by atoms with Gasteiger partial charge in [-0.2, -0.15) is 5.26 Å². The fourth-order valence-corrected chi connectivity index (χ4v) is 4.28. The number of hydrogen-bond donors (Lipinski definition) is 2. The molecule has 31 heavy (non-hydrogen) atoms. The molecule has 0 unspecified atom stereocenters. The minimum Gasteiger partial charge on any atom is -0.495 e. The number of nitrogens with zero attached hydrogens (tertiary/aromatic N) is 1. The van der Waals surface area contributed by atoms with Crippen molar-refractivity contribution in [1.82, 2.24) is 4.98 Å². The van der Waals surface area contributed by atoms with E-state index in [4.69, 9.17) is 10.00 Å². The summed E-state index contributed by atoms with van der Waals surface area (Å²) in [4.78, 5) is 2.92. The number of aromatic amines is 1. The van der Waals surface area contributed by atoms with E-state index in [-0.39, 0.29) is 21.9 Å². The molecule has 0 spiro atoms. The second kappa shape index (κ2) is 7.74. The molecule has 4 aromatic rings. The maximum Gasteiger partial charge on any atom is 0.262 e. The molecule has 0 fully saturated rings. The third kappa shape index (κ3) is 3.93. The Morgan fingerprint density at radius 2 is 1.81 bits per heavy atom. The van der Waals surface area contributed by atoms with Gasteiger partial charge in [0.05, 0.1) is 29.3 Å². The second-order valence-electron chi connectivity index (χ2n) is 6.70. The van der Waals surface area contributed by atoms with Crippen molar-refractivity contribution in [3.8, 4) is 23.1 Å². The zero-order chi connectivity index (χ0) is 22.2. The van der Waals surface area contributed by atoms with E-state index in [0.29, 0.717) is 22.2 Å². The molecule has 0 aliphatic rings. The van der Waals surface area contributed by atoms with E-state index in [0.717, 1.165) is 12.1 Å². The summed E-state index contributed by atoms with van der Waals surface area (Å²) < 4.78 is 60.4. The monoisotopic (exact) mass is 439 g/mol. The Hall–Kier alpha value is -3.90. The number of nitriles is 1. The standard InChI is InChI=1S/C22H15F2N3O3S/c1-30-22-6-5-14(19-10-15-8-17(23)18(24)11-20(15)26-19)9-21(22)27-31(28,29)16-4-2-3-13(7-16)12-25/h2-11,26-27H,1H3. The van der Waals surface area contributed by atoms with Gasteiger partial charge in [-0.1, -0.05) is 6.07 Å². The van der Waals surface area contributed by atoms with Gasteiger partial charge in [0.2, 0.25) is 0 Å². The van der Waals surface area contributed by atoms with Gasteiger partial charge in [-0.05, 0) is 48.5 Å². The Morgan fingerprint density at radius 1 is 1.03 bits per heavy atom. The van der Waals surface area contributed by atoms with Crippen molar-refractivity contribution in [1.29, 1.82) is 5.26 Å². The van der Waals surface area contributed by atoms with Crippen LogP contribution >= 0.6 is 0 Å². The molecule has 1 aromatic heterocycles. The van der Waals surface area contributed by atoms with Crippen LogP contribution in [0, 0.1) is 23.0 Å². The summed E-state index contributed by atoms with van der Waals surface area (Å²) in [6, 6.07) is 16.1. The number of methoxy groups -OCH3 is 1. The van der Waals surface area contributed by atoms with Crippen LogP contribution in [-0.2, 0) is 10.0 Å². The van der Waals surface area contributed by atoms with Gasteiger partial charge in [-0.15, -0.1) is 0 Å². The molecule has 0 radical (unpaired) electrons. The highest BCUT2D eigenvalue weighted by Crippen LogP contribution is 2.33. The highest BCUT2D eigenvalue weighted by atomic mass is 32.2. The molecular formula is C22H15F2N3O3S. The average Bonchev–Trinajstić information content (AvgIpc) is 3.16. The van der Waals surface area contributed by atoms with E-state index in [1.807, 2.05) is 6.07 Å². The lowest BCUT2D eigenvalue weighted by Crippen LogP contribution is -2.14. The van der Waals surface area contributed by atoms with Crippen LogP contribution in [0.15, 0.2) is 65.6 Å². The molecule has 0 aliphatic heterocycles. The lowest BCUT2D eigenvalue weighted by molar-refractivity contribution is 0.417. The minimum absolute atomic E-state index is 0.0735. The number of aromatic nitrogens is 1. The number of halogens is 2. The Morgan fingerprint density at radius 3 is 2.55 bits per heavy atom. The van der Waals surface area contributed by atoms with Crippen LogP contribution in [0.4, 0.5) is 14.5 Å². The minimum atomic E-state index is -4.00. The third-order valence-corrected chi connectivity index (χ3v) is 6.05. The van der Waals surface area contributed by atoms with E-state index in [9.17, 15) is 17.2 Å².